The summed E-state index contributed by atoms with van der Waals surface area (Å²) in [6.07, 6.45) is 1.51. The first kappa shape index (κ1) is 10.1. The van der Waals surface area contributed by atoms with Crippen LogP contribution in [-0.4, -0.2) is 21.8 Å². The minimum atomic E-state index is -0.0640. The summed E-state index contributed by atoms with van der Waals surface area (Å²) in [6, 6.07) is 0. The van der Waals surface area contributed by atoms with Gasteiger partial charge in [-0.25, -0.2) is 0 Å². The van der Waals surface area contributed by atoms with Crippen molar-refractivity contribution in [1.82, 2.24) is 9.55 Å². The zero-order valence-electron chi connectivity index (χ0n) is 8.48. The first-order chi connectivity index (χ1) is 6.06. The first-order valence-electron chi connectivity index (χ1n) is 4.31. The van der Waals surface area contributed by atoms with E-state index in [4.69, 9.17) is 4.74 Å². The third kappa shape index (κ3) is 2.01. The Bertz CT molecular complexity index is 281. The van der Waals surface area contributed by atoms with E-state index < -0.39 is 0 Å². The maximum atomic E-state index is 9.17. The van der Waals surface area contributed by atoms with Crippen molar-refractivity contribution in [2.75, 3.05) is 7.11 Å². The smallest absolute Gasteiger partial charge is 0.229 e. The van der Waals surface area contributed by atoms with Gasteiger partial charge < -0.3 is 14.4 Å². The SMILES string of the molecule is COC(c1nc(O)cn1C)C(C)C. The summed E-state index contributed by atoms with van der Waals surface area (Å²) < 4.78 is 7.08. The van der Waals surface area contributed by atoms with Crippen LogP contribution in [0, 0.1) is 5.92 Å². The van der Waals surface area contributed by atoms with Crippen LogP contribution in [-0.2, 0) is 11.8 Å². The van der Waals surface area contributed by atoms with Gasteiger partial charge >= 0.3 is 0 Å². The average molecular weight is 184 g/mol. The van der Waals surface area contributed by atoms with Gasteiger partial charge in [-0.05, 0) is 5.92 Å². The zero-order valence-corrected chi connectivity index (χ0v) is 8.48. The molecule has 0 spiro atoms. The van der Waals surface area contributed by atoms with Gasteiger partial charge in [0.1, 0.15) is 11.9 Å². The van der Waals surface area contributed by atoms with E-state index in [1.165, 1.54) is 0 Å². The van der Waals surface area contributed by atoms with Gasteiger partial charge in [0, 0.05) is 14.2 Å². The molecule has 0 aliphatic carbocycles. The molecule has 1 N–H and O–H groups in total. The number of aromatic hydroxyl groups is 1. The van der Waals surface area contributed by atoms with Crippen molar-refractivity contribution in [2.24, 2.45) is 13.0 Å². The minimum Gasteiger partial charge on any atom is -0.492 e. The molecule has 0 bridgehead atoms. The standard InChI is InChI=1S/C9H16N2O2/c1-6(2)8(13-4)9-10-7(12)5-11(9)3/h5-6,8,12H,1-4H3. The van der Waals surface area contributed by atoms with Crippen LogP contribution >= 0.6 is 0 Å². The molecule has 0 saturated heterocycles. The second-order valence-electron chi connectivity index (χ2n) is 3.47. The third-order valence-corrected chi connectivity index (χ3v) is 2.01. The molecule has 1 rings (SSSR count). The normalized spacial score (nSPS) is 13.6. The van der Waals surface area contributed by atoms with Gasteiger partial charge in [-0.2, -0.15) is 4.98 Å². The van der Waals surface area contributed by atoms with Crippen molar-refractivity contribution in [2.45, 2.75) is 20.0 Å². The van der Waals surface area contributed by atoms with Gasteiger partial charge in [0.15, 0.2) is 0 Å². The molecular formula is C9H16N2O2. The average Bonchev–Trinajstić information content (AvgIpc) is 2.31. The van der Waals surface area contributed by atoms with Crippen molar-refractivity contribution in [1.29, 1.82) is 0 Å². The summed E-state index contributed by atoms with van der Waals surface area (Å²) in [5.41, 5.74) is 0. The summed E-state index contributed by atoms with van der Waals surface area (Å²) in [4.78, 5) is 4.00. The number of imidazole rings is 1. The summed E-state index contributed by atoms with van der Waals surface area (Å²) >= 11 is 0. The molecule has 0 aromatic carbocycles. The summed E-state index contributed by atoms with van der Waals surface area (Å²) in [6.45, 7) is 4.11. The number of ether oxygens (including phenoxy) is 1. The van der Waals surface area contributed by atoms with Crippen LogP contribution in [0.1, 0.15) is 25.8 Å². The largest absolute Gasteiger partial charge is 0.492 e. The molecule has 0 amide bonds. The highest BCUT2D eigenvalue weighted by atomic mass is 16.5. The molecule has 1 aromatic rings. The van der Waals surface area contributed by atoms with Crippen molar-refractivity contribution in [3.63, 3.8) is 0 Å². The Hall–Kier alpha value is -1.03. The van der Waals surface area contributed by atoms with E-state index in [2.05, 4.69) is 18.8 Å². The number of rotatable bonds is 3. The molecule has 1 atom stereocenters. The highest BCUT2D eigenvalue weighted by molar-refractivity contribution is 5.09. The highest BCUT2D eigenvalue weighted by Gasteiger charge is 2.20. The topological polar surface area (TPSA) is 47.3 Å². The molecule has 4 heteroatoms. The van der Waals surface area contributed by atoms with E-state index in [-0.39, 0.29) is 12.0 Å². The fraction of sp³-hybridized carbons (Fsp3) is 0.667. The fourth-order valence-electron chi connectivity index (χ4n) is 1.40. The lowest BCUT2D eigenvalue weighted by molar-refractivity contribution is 0.0551. The molecule has 0 aliphatic heterocycles. The Labute approximate surface area is 78.2 Å². The van der Waals surface area contributed by atoms with Crippen LogP contribution in [0.25, 0.3) is 0 Å². The zero-order chi connectivity index (χ0) is 10.0. The summed E-state index contributed by atoms with van der Waals surface area (Å²) in [5.74, 6) is 1.14. The predicted molar refractivity (Wildman–Crippen MR) is 49.5 cm³/mol. The van der Waals surface area contributed by atoms with Crippen molar-refractivity contribution in [3.05, 3.63) is 12.0 Å². The predicted octanol–water partition coefficient (Wildman–Crippen LogP) is 1.47. The van der Waals surface area contributed by atoms with Crippen LogP contribution in [0.4, 0.5) is 0 Å². The lowest BCUT2D eigenvalue weighted by Gasteiger charge is -2.18. The van der Waals surface area contributed by atoms with Crippen LogP contribution in [0.15, 0.2) is 6.20 Å². The van der Waals surface area contributed by atoms with E-state index in [1.54, 1.807) is 17.9 Å². The number of hydrogen-bond donors (Lipinski definition) is 1. The maximum Gasteiger partial charge on any atom is 0.229 e. The molecule has 1 heterocycles. The Kier molecular flexibility index (Phi) is 2.93. The second kappa shape index (κ2) is 3.79. The monoisotopic (exact) mass is 184 g/mol. The number of methoxy groups -OCH3 is 1. The number of nitrogens with zero attached hydrogens (tertiary/aromatic N) is 2. The fourth-order valence-corrected chi connectivity index (χ4v) is 1.40. The van der Waals surface area contributed by atoms with E-state index in [0.29, 0.717) is 5.92 Å². The molecule has 0 aliphatic rings. The summed E-state index contributed by atoms with van der Waals surface area (Å²) in [7, 11) is 3.49. The van der Waals surface area contributed by atoms with Gasteiger partial charge in [-0.1, -0.05) is 13.8 Å². The van der Waals surface area contributed by atoms with E-state index in [0.717, 1.165) is 5.82 Å². The minimum absolute atomic E-state index is 0.0419. The Morgan fingerprint density at radius 3 is 2.46 bits per heavy atom. The van der Waals surface area contributed by atoms with Gasteiger partial charge in [0.25, 0.3) is 0 Å². The number of aryl methyl sites for hydroxylation is 1. The molecule has 0 fully saturated rings. The van der Waals surface area contributed by atoms with Crippen LogP contribution < -0.4 is 0 Å². The van der Waals surface area contributed by atoms with Crippen molar-refractivity contribution < 1.29 is 9.84 Å². The van der Waals surface area contributed by atoms with E-state index in [9.17, 15) is 5.11 Å². The summed E-state index contributed by atoms with van der Waals surface area (Å²) in [5, 5.41) is 9.17. The molecule has 0 saturated carbocycles. The molecule has 4 nitrogen and oxygen atoms in total. The molecule has 0 radical (unpaired) electrons. The van der Waals surface area contributed by atoms with E-state index >= 15 is 0 Å². The lowest BCUT2D eigenvalue weighted by Crippen LogP contribution is -2.13. The Balaban J connectivity index is 2.97. The molecule has 74 valence electrons. The molecule has 13 heavy (non-hydrogen) atoms. The van der Waals surface area contributed by atoms with Gasteiger partial charge in [0.2, 0.25) is 5.88 Å². The first-order valence-corrected chi connectivity index (χ1v) is 4.31. The van der Waals surface area contributed by atoms with Crippen molar-refractivity contribution >= 4 is 0 Å². The number of hydrogen-bond acceptors (Lipinski definition) is 3. The van der Waals surface area contributed by atoms with Crippen molar-refractivity contribution in [3.8, 4) is 5.88 Å². The molecule has 1 aromatic heterocycles. The maximum absolute atomic E-state index is 9.17. The second-order valence-corrected chi connectivity index (χ2v) is 3.47. The van der Waals surface area contributed by atoms with Crippen LogP contribution in [0.3, 0.4) is 0 Å². The van der Waals surface area contributed by atoms with Gasteiger partial charge in [-0.15, -0.1) is 0 Å². The van der Waals surface area contributed by atoms with E-state index in [1.807, 2.05) is 7.05 Å². The Morgan fingerprint density at radius 1 is 1.54 bits per heavy atom. The Morgan fingerprint density at radius 2 is 2.15 bits per heavy atom. The van der Waals surface area contributed by atoms with Gasteiger partial charge in [-0.3, -0.25) is 0 Å². The van der Waals surface area contributed by atoms with Crippen LogP contribution in [0.5, 0.6) is 5.88 Å². The third-order valence-electron chi connectivity index (χ3n) is 2.01. The quantitative estimate of drug-likeness (QED) is 0.773. The highest BCUT2D eigenvalue weighted by Crippen LogP contribution is 2.25. The molecular weight excluding hydrogens is 168 g/mol. The molecule has 1 unspecified atom stereocenters. The number of aromatic nitrogens is 2. The van der Waals surface area contributed by atoms with Crippen LogP contribution in [0.2, 0.25) is 0 Å². The van der Waals surface area contributed by atoms with Gasteiger partial charge in [0.05, 0.1) is 6.20 Å². The lowest BCUT2D eigenvalue weighted by atomic mass is 10.1.